The Kier molecular flexibility index (Phi) is 3.35. The lowest BCUT2D eigenvalue weighted by Crippen LogP contribution is -2.68. The molecular weight excluding hydrogens is 304 g/mol. The topological polar surface area (TPSA) is 77.8 Å². The van der Waals surface area contributed by atoms with Gasteiger partial charge in [0.15, 0.2) is 0 Å². The number of carboxylic acids is 1. The van der Waals surface area contributed by atoms with Crippen molar-refractivity contribution in [1.29, 1.82) is 0 Å². The number of aliphatic hydroxyl groups is 2. The van der Waals surface area contributed by atoms with E-state index in [1.807, 2.05) is 0 Å². The number of carbonyl (C=O) groups is 1. The zero-order valence-corrected chi connectivity index (χ0v) is 14.8. The third kappa shape index (κ3) is 1.74. The van der Waals surface area contributed by atoms with Crippen molar-refractivity contribution in [2.45, 2.75) is 71.0 Å². The van der Waals surface area contributed by atoms with Gasteiger partial charge in [0.1, 0.15) is 0 Å². The van der Waals surface area contributed by atoms with Crippen molar-refractivity contribution in [2.24, 2.45) is 34.0 Å². The van der Waals surface area contributed by atoms with Crippen LogP contribution in [0.25, 0.3) is 0 Å². The summed E-state index contributed by atoms with van der Waals surface area (Å²) in [5.41, 5.74) is -0.245. The van der Waals surface area contributed by atoms with Gasteiger partial charge in [-0.15, -0.1) is 0 Å². The number of hydrogen-bond donors (Lipinski definition) is 3. The SMILES string of the molecule is C=C1C[C@@]23C[C@@H]1CC[C@H]2[C@]1(C)CCC[C@@](C)(C(=O)O)[C@H]1[C@@H](O)[C@@H]3O. The Balaban J connectivity index is 1.85. The van der Waals surface area contributed by atoms with Crippen molar-refractivity contribution in [1.82, 2.24) is 0 Å². The van der Waals surface area contributed by atoms with Gasteiger partial charge in [-0.25, -0.2) is 0 Å². The van der Waals surface area contributed by atoms with Crippen LogP contribution in [0.2, 0.25) is 0 Å². The van der Waals surface area contributed by atoms with Gasteiger partial charge in [0.05, 0.1) is 17.6 Å². The molecule has 0 aromatic rings. The molecule has 24 heavy (non-hydrogen) atoms. The average molecular weight is 334 g/mol. The van der Waals surface area contributed by atoms with Crippen LogP contribution in [0.5, 0.6) is 0 Å². The molecule has 4 saturated carbocycles. The Bertz CT molecular complexity index is 600. The quantitative estimate of drug-likeness (QED) is 0.644. The van der Waals surface area contributed by atoms with Gasteiger partial charge in [0.2, 0.25) is 0 Å². The van der Waals surface area contributed by atoms with E-state index in [0.717, 1.165) is 38.5 Å². The van der Waals surface area contributed by atoms with Gasteiger partial charge in [0.25, 0.3) is 0 Å². The van der Waals surface area contributed by atoms with Crippen molar-refractivity contribution in [3.8, 4) is 0 Å². The summed E-state index contributed by atoms with van der Waals surface area (Å²) in [5.74, 6) is -0.460. The first kappa shape index (κ1) is 16.6. The van der Waals surface area contributed by atoms with Gasteiger partial charge in [-0.1, -0.05) is 25.5 Å². The van der Waals surface area contributed by atoms with E-state index in [1.165, 1.54) is 5.57 Å². The minimum Gasteiger partial charge on any atom is -0.481 e. The van der Waals surface area contributed by atoms with Crippen molar-refractivity contribution >= 4 is 5.97 Å². The highest BCUT2D eigenvalue weighted by molar-refractivity contribution is 5.75. The van der Waals surface area contributed by atoms with Crippen LogP contribution in [0.3, 0.4) is 0 Å². The Morgan fingerprint density at radius 2 is 1.92 bits per heavy atom. The van der Waals surface area contributed by atoms with Crippen molar-refractivity contribution in [3.05, 3.63) is 12.2 Å². The number of carboxylic acid groups (broad SMARTS) is 1. The number of fused-ring (bicyclic) bond motifs is 3. The summed E-state index contributed by atoms with van der Waals surface area (Å²) in [5, 5.41) is 32.2. The molecule has 3 N–H and O–H groups in total. The Labute approximate surface area is 144 Å². The fraction of sp³-hybridized carbons (Fsp3) is 0.850. The first-order chi connectivity index (χ1) is 11.2. The second-order valence-corrected chi connectivity index (χ2v) is 9.59. The number of rotatable bonds is 1. The lowest BCUT2D eigenvalue weighted by Gasteiger charge is -2.66. The third-order valence-corrected chi connectivity index (χ3v) is 8.60. The zero-order valence-electron chi connectivity index (χ0n) is 14.8. The molecule has 4 heteroatoms. The van der Waals surface area contributed by atoms with E-state index in [9.17, 15) is 20.1 Å². The molecule has 0 unspecified atom stereocenters. The van der Waals surface area contributed by atoms with Gasteiger partial charge in [0, 0.05) is 11.3 Å². The highest BCUT2D eigenvalue weighted by Crippen LogP contribution is 2.72. The average Bonchev–Trinajstić information content (AvgIpc) is 2.76. The standard InChI is InChI=1S/C20H30O4/c1-11-9-20-10-12(11)5-6-13(20)18(2)7-4-8-19(3,17(23)24)15(18)14(21)16(20)22/h12-16,21-22H,1,4-10H2,2-3H3,(H,23,24)/t12-,13-,14+,15-,16-,18-,19+,20+/m0/s1. The van der Waals surface area contributed by atoms with Gasteiger partial charge in [-0.2, -0.15) is 0 Å². The maximum Gasteiger partial charge on any atom is 0.309 e. The minimum atomic E-state index is -0.961. The number of aliphatic carboxylic acids is 1. The molecule has 4 rings (SSSR count). The number of allylic oxidation sites excluding steroid dienone is 1. The van der Waals surface area contributed by atoms with Gasteiger partial charge >= 0.3 is 5.97 Å². The van der Waals surface area contributed by atoms with E-state index >= 15 is 0 Å². The van der Waals surface area contributed by atoms with Crippen LogP contribution < -0.4 is 0 Å². The number of hydrogen-bond acceptors (Lipinski definition) is 3. The van der Waals surface area contributed by atoms with Crippen molar-refractivity contribution in [3.63, 3.8) is 0 Å². The molecule has 134 valence electrons. The fourth-order valence-corrected chi connectivity index (χ4v) is 7.68. The van der Waals surface area contributed by atoms with Crippen LogP contribution in [0.4, 0.5) is 0 Å². The number of aliphatic hydroxyl groups excluding tert-OH is 2. The summed E-state index contributed by atoms with van der Waals surface area (Å²) >= 11 is 0. The van der Waals surface area contributed by atoms with E-state index in [0.29, 0.717) is 12.3 Å². The predicted octanol–water partition coefficient (Wildman–Crippen LogP) is 2.98. The Morgan fingerprint density at radius 3 is 2.58 bits per heavy atom. The molecule has 0 aliphatic heterocycles. The molecular formula is C20H30O4. The summed E-state index contributed by atoms with van der Waals surface area (Å²) < 4.78 is 0. The molecule has 4 aliphatic rings. The minimum absolute atomic E-state index is 0.223. The zero-order chi connectivity index (χ0) is 17.5. The van der Waals surface area contributed by atoms with Gasteiger partial charge < -0.3 is 15.3 Å². The van der Waals surface area contributed by atoms with E-state index in [1.54, 1.807) is 6.92 Å². The van der Waals surface area contributed by atoms with Crippen LogP contribution in [-0.4, -0.2) is 33.5 Å². The van der Waals surface area contributed by atoms with Crippen LogP contribution in [0.15, 0.2) is 12.2 Å². The van der Waals surface area contributed by atoms with Gasteiger partial charge in [-0.05, 0) is 62.7 Å². The molecule has 0 aromatic heterocycles. The summed E-state index contributed by atoms with van der Waals surface area (Å²) in [7, 11) is 0. The van der Waals surface area contributed by atoms with Crippen LogP contribution in [-0.2, 0) is 4.79 Å². The molecule has 0 aromatic carbocycles. The van der Waals surface area contributed by atoms with E-state index in [2.05, 4.69) is 13.5 Å². The summed E-state index contributed by atoms with van der Waals surface area (Å²) in [4.78, 5) is 12.1. The second kappa shape index (κ2) is 4.85. The molecule has 4 aliphatic carbocycles. The molecule has 1 spiro atoms. The van der Waals surface area contributed by atoms with Crippen LogP contribution in [0, 0.1) is 34.0 Å². The summed E-state index contributed by atoms with van der Waals surface area (Å²) in [6.45, 7) is 8.22. The molecule has 0 amide bonds. The van der Waals surface area contributed by atoms with E-state index < -0.39 is 23.6 Å². The highest BCUT2D eigenvalue weighted by Gasteiger charge is 2.71. The molecule has 2 bridgehead atoms. The van der Waals surface area contributed by atoms with Crippen molar-refractivity contribution < 1.29 is 20.1 Å². The molecule has 8 atom stereocenters. The maximum absolute atomic E-state index is 12.1. The Hall–Kier alpha value is -0.870. The molecule has 4 nitrogen and oxygen atoms in total. The van der Waals surface area contributed by atoms with Crippen LogP contribution >= 0.6 is 0 Å². The summed E-state index contributed by atoms with van der Waals surface area (Å²) in [6, 6.07) is 0. The molecule has 4 fully saturated rings. The lowest BCUT2D eigenvalue weighted by molar-refractivity contribution is -0.254. The molecule has 0 heterocycles. The molecule has 0 radical (unpaired) electrons. The predicted molar refractivity (Wildman–Crippen MR) is 90.2 cm³/mol. The largest absolute Gasteiger partial charge is 0.481 e. The maximum atomic E-state index is 12.1. The van der Waals surface area contributed by atoms with E-state index in [-0.39, 0.29) is 22.7 Å². The first-order valence-electron chi connectivity index (χ1n) is 9.44. The Morgan fingerprint density at radius 1 is 1.21 bits per heavy atom. The normalized spacial score (nSPS) is 56.5. The highest BCUT2D eigenvalue weighted by atomic mass is 16.4. The monoisotopic (exact) mass is 334 g/mol. The van der Waals surface area contributed by atoms with Gasteiger partial charge in [-0.3, -0.25) is 4.79 Å². The van der Waals surface area contributed by atoms with E-state index in [4.69, 9.17) is 0 Å². The van der Waals surface area contributed by atoms with Crippen molar-refractivity contribution in [2.75, 3.05) is 0 Å². The fourth-order valence-electron chi connectivity index (χ4n) is 7.68. The lowest BCUT2D eigenvalue weighted by atomic mass is 9.39. The molecule has 0 saturated heterocycles. The first-order valence-corrected chi connectivity index (χ1v) is 9.44. The smallest absolute Gasteiger partial charge is 0.309 e. The third-order valence-electron chi connectivity index (χ3n) is 8.60. The van der Waals surface area contributed by atoms with Crippen LogP contribution in [0.1, 0.15) is 58.8 Å². The summed E-state index contributed by atoms with van der Waals surface area (Å²) in [6.07, 6.45) is 4.46. The second-order valence-electron chi connectivity index (χ2n) is 9.59.